The molecule has 0 bridgehead atoms. The summed E-state index contributed by atoms with van der Waals surface area (Å²) in [5, 5.41) is 4.64. The third-order valence-corrected chi connectivity index (χ3v) is 3.41. The van der Waals surface area contributed by atoms with Crippen molar-refractivity contribution < 1.29 is 9.59 Å². The highest BCUT2D eigenvalue weighted by Crippen LogP contribution is 2.23. The van der Waals surface area contributed by atoms with Crippen LogP contribution in [0, 0.1) is 0 Å². The standard InChI is InChI=1S/C15H21ClN2O2/c1-4-11-7-6-8-12(5-2)14(11)18-15(20)13(16)9-17-10(3)19/h6-8,13H,4-5,9H2,1-3H3,(H,17,19)(H,18,20). The van der Waals surface area contributed by atoms with Crippen molar-refractivity contribution in [2.75, 3.05) is 11.9 Å². The minimum absolute atomic E-state index is 0.123. The molecule has 1 aromatic rings. The largest absolute Gasteiger partial charge is 0.354 e. The SMILES string of the molecule is CCc1cccc(CC)c1NC(=O)C(Cl)CNC(C)=O. The van der Waals surface area contributed by atoms with Crippen molar-refractivity contribution in [3.05, 3.63) is 29.3 Å². The Morgan fingerprint density at radius 1 is 1.20 bits per heavy atom. The number of hydrogen-bond acceptors (Lipinski definition) is 2. The molecule has 0 saturated heterocycles. The summed E-state index contributed by atoms with van der Waals surface area (Å²) in [6.07, 6.45) is 1.67. The molecule has 4 nitrogen and oxygen atoms in total. The van der Waals surface area contributed by atoms with Crippen molar-refractivity contribution in [3.8, 4) is 0 Å². The lowest BCUT2D eigenvalue weighted by Crippen LogP contribution is -2.35. The fraction of sp³-hybridized carbons (Fsp3) is 0.467. The monoisotopic (exact) mass is 296 g/mol. The molecule has 0 aromatic heterocycles. The van der Waals surface area contributed by atoms with Gasteiger partial charge in [0.2, 0.25) is 11.8 Å². The third-order valence-electron chi connectivity index (χ3n) is 3.06. The van der Waals surface area contributed by atoms with Crippen LogP contribution < -0.4 is 10.6 Å². The Labute approximate surface area is 124 Å². The van der Waals surface area contributed by atoms with Crippen LogP contribution in [0.15, 0.2) is 18.2 Å². The fourth-order valence-electron chi connectivity index (χ4n) is 1.93. The summed E-state index contributed by atoms with van der Waals surface area (Å²) in [4.78, 5) is 22.9. The minimum atomic E-state index is -0.784. The van der Waals surface area contributed by atoms with Gasteiger partial charge in [-0.1, -0.05) is 32.0 Å². The summed E-state index contributed by atoms with van der Waals surface area (Å²) in [7, 11) is 0. The van der Waals surface area contributed by atoms with E-state index in [1.807, 2.05) is 32.0 Å². The van der Waals surface area contributed by atoms with Crippen molar-refractivity contribution in [2.24, 2.45) is 0 Å². The van der Waals surface area contributed by atoms with Gasteiger partial charge in [-0.2, -0.15) is 0 Å². The number of benzene rings is 1. The summed E-state index contributed by atoms with van der Waals surface area (Å²) in [5.74, 6) is -0.498. The predicted molar refractivity (Wildman–Crippen MR) is 82.2 cm³/mol. The lowest BCUT2D eigenvalue weighted by atomic mass is 10.0. The van der Waals surface area contributed by atoms with Crippen LogP contribution in [-0.4, -0.2) is 23.7 Å². The number of hydrogen-bond donors (Lipinski definition) is 2. The zero-order valence-electron chi connectivity index (χ0n) is 12.1. The van der Waals surface area contributed by atoms with Crippen molar-refractivity contribution in [2.45, 2.75) is 39.0 Å². The van der Waals surface area contributed by atoms with E-state index in [0.717, 1.165) is 29.7 Å². The van der Waals surface area contributed by atoms with E-state index in [-0.39, 0.29) is 18.4 Å². The quantitative estimate of drug-likeness (QED) is 0.793. The summed E-state index contributed by atoms with van der Waals surface area (Å²) >= 11 is 5.99. The van der Waals surface area contributed by atoms with Crippen LogP contribution in [-0.2, 0) is 22.4 Å². The molecule has 2 amide bonds. The molecule has 5 heteroatoms. The first kappa shape index (κ1) is 16.5. The highest BCUT2D eigenvalue weighted by molar-refractivity contribution is 6.32. The molecular weight excluding hydrogens is 276 g/mol. The maximum Gasteiger partial charge on any atom is 0.244 e. The maximum absolute atomic E-state index is 12.1. The zero-order valence-corrected chi connectivity index (χ0v) is 12.9. The van der Waals surface area contributed by atoms with Gasteiger partial charge in [0.15, 0.2) is 0 Å². The molecule has 20 heavy (non-hydrogen) atoms. The van der Waals surface area contributed by atoms with Crippen LogP contribution in [0.4, 0.5) is 5.69 Å². The summed E-state index contributed by atoms with van der Waals surface area (Å²) < 4.78 is 0. The van der Waals surface area contributed by atoms with Gasteiger partial charge in [-0.25, -0.2) is 0 Å². The van der Waals surface area contributed by atoms with Gasteiger partial charge in [0.05, 0.1) is 0 Å². The number of rotatable bonds is 6. The molecule has 2 N–H and O–H groups in total. The average molecular weight is 297 g/mol. The molecule has 0 aliphatic carbocycles. The van der Waals surface area contributed by atoms with Gasteiger partial charge in [-0.15, -0.1) is 11.6 Å². The molecule has 1 aromatic carbocycles. The molecule has 0 aliphatic heterocycles. The first-order valence-corrected chi connectivity index (χ1v) is 7.23. The van der Waals surface area contributed by atoms with Crippen LogP contribution in [0.2, 0.25) is 0 Å². The van der Waals surface area contributed by atoms with E-state index < -0.39 is 5.38 Å². The second kappa shape index (κ2) is 7.90. The van der Waals surface area contributed by atoms with Crippen molar-refractivity contribution in [1.82, 2.24) is 5.32 Å². The number of carbonyl (C=O) groups excluding carboxylic acids is 2. The smallest absolute Gasteiger partial charge is 0.244 e. The average Bonchev–Trinajstić information content (AvgIpc) is 2.44. The first-order chi connectivity index (χ1) is 9.49. The molecule has 110 valence electrons. The Morgan fingerprint density at radius 3 is 2.20 bits per heavy atom. The van der Waals surface area contributed by atoms with E-state index in [2.05, 4.69) is 10.6 Å². The van der Waals surface area contributed by atoms with E-state index in [1.54, 1.807) is 0 Å². The predicted octanol–water partition coefficient (Wildman–Crippen LogP) is 2.49. The molecule has 1 rings (SSSR count). The summed E-state index contributed by atoms with van der Waals surface area (Å²) in [6.45, 7) is 5.60. The van der Waals surface area contributed by atoms with Gasteiger partial charge >= 0.3 is 0 Å². The highest BCUT2D eigenvalue weighted by Gasteiger charge is 2.18. The maximum atomic E-state index is 12.1. The second-order valence-corrected chi connectivity index (χ2v) is 5.08. The van der Waals surface area contributed by atoms with Gasteiger partial charge in [-0.3, -0.25) is 9.59 Å². The van der Waals surface area contributed by atoms with Gasteiger partial charge in [-0.05, 0) is 24.0 Å². The Balaban J connectivity index is 2.81. The number of aryl methyl sites for hydroxylation is 2. The number of amides is 2. The van der Waals surface area contributed by atoms with Crippen LogP contribution in [0.3, 0.4) is 0 Å². The van der Waals surface area contributed by atoms with E-state index >= 15 is 0 Å². The van der Waals surface area contributed by atoms with Crippen molar-refractivity contribution in [1.29, 1.82) is 0 Å². The number of halogens is 1. The molecular formula is C15H21ClN2O2. The molecule has 0 spiro atoms. The van der Waals surface area contributed by atoms with Gasteiger partial charge in [0, 0.05) is 19.2 Å². The van der Waals surface area contributed by atoms with E-state index in [4.69, 9.17) is 11.6 Å². The van der Waals surface area contributed by atoms with Crippen molar-refractivity contribution >= 4 is 29.1 Å². The number of anilines is 1. The normalized spacial score (nSPS) is 11.8. The number of nitrogens with one attached hydrogen (secondary N) is 2. The Kier molecular flexibility index (Phi) is 6.52. The van der Waals surface area contributed by atoms with E-state index in [0.29, 0.717) is 0 Å². The summed E-state index contributed by atoms with van der Waals surface area (Å²) in [6, 6.07) is 5.97. The Hall–Kier alpha value is -1.55. The summed E-state index contributed by atoms with van der Waals surface area (Å²) in [5.41, 5.74) is 3.01. The van der Waals surface area contributed by atoms with Crippen LogP contribution in [0.1, 0.15) is 31.9 Å². The number of para-hydroxylation sites is 1. The van der Waals surface area contributed by atoms with Crippen LogP contribution in [0.25, 0.3) is 0 Å². The molecule has 0 heterocycles. The second-order valence-electron chi connectivity index (χ2n) is 4.55. The first-order valence-electron chi connectivity index (χ1n) is 6.79. The van der Waals surface area contributed by atoms with Gasteiger partial charge in [0.25, 0.3) is 0 Å². The van der Waals surface area contributed by atoms with Crippen molar-refractivity contribution in [3.63, 3.8) is 0 Å². The van der Waals surface area contributed by atoms with Gasteiger partial charge < -0.3 is 10.6 Å². The molecule has 0 radical (unpaired) electrons. The Bertz CT molecular complexity index is 467. The highest BCUT2D eigenvalue weighted by atomic mass is 35.5. The molecule has 1 atom stereocenters. The lowest BCUT2D eigenvalue weighted by Gasteiger charge is -2.16. The Morgan fingerprint density at radius 2 is 1.75 bits per heavy atom. The third kappa shape index (κ3) is 4.53. The molecule has 0 fully saturated rings. The number of alkyl halides is 1. The van der Waals surface area contributed by atoms with E-state index in [9.17, 15) is 9.59 Å². The molecule has 0 saturated carbocycles. The minimum Gasteiger partial charge on any atom is -0.354 e. The van der Waals surface area contributed by atoms with Gasteiger partial charge in [0.1, 0.15) is 5.38 Å². The molecule has 0 aliphatic rings. The van der Waals surface area contributed by atoms with Crippen LogP contribution >= 0.6 is 11.6 Å². The van der Waals surface area contributed by atoms with Crippen LogP contribution in [0.5, 0.6) is 0 Å². The number of carbonyl (C=O) groups is 2. The zero-order chi connectivity index (χ0) is 15.1. The fourth-order valence-corrected chi connectivity index (χ4v) is 2.06. The topological polar surface area (TPSA) is 58.2 Å². The van der Waals surface area contributed by atoms with E-state index in [1.165, 1.54) is 6.92 Å². The lowest BCUT2D eigenvalue weighted by molar-refractivity contribution is -0.119. The molecule has 1 unspecified atom stereocenters.